The molecule has 0 aromatic heterocycles. The number of anilines is 2. The Balaban J connectivity index is 1.66. The molecule has 1 N–H and O–H groups in total. The van der Waals surface area contributed by atoms with Crippen molar-refractivity contribution >= 4 is 46.8 Å². The molecule has 0 spiro atoms. The number of nitrogens with one attached hydrogen (secondary N) is 1. The van der Waals surface area contributed by atoms with Crippen LogP contribution in [-0.4, -0.2) is 30.4 Å². The van der Waals surface area contributed by atoms with E-state index in [4.69, 9.17) is 16.3 Å². The number of amides is 2. The van der Waals surface area contributed by atoms with E-state index in [2.05, 4.69) is 5.32 Å². The lowest BCUT2D eigenvalue weighted by Crippen LogP contribution is -2.41. The summed E-state index contributed by atoms with van der Waals surface area (Å²) in [5, 5.41) is 2.70. The van der Waals surface area contributed by atoms with E-state index in [-0.39, 0.29) is 17.4 Å². The summed E-state index contributed by atoms with van der Waals surface area (Å²) in [4.78, 5) is 38.1. The van der Waals surface area contributed by atoms with Gasteiger partial charge in [0.05, 0.1) is 16.4 Å². The minimum Gasteiger partial charge on any atom is -0.452 e. The average molecular weight is 417 g/mol. The quantitative estimate of drug-likeness (QED) is 0.607. The molecule has 0 bridgehead atoms. The van der Waals surface area contributed by atoms with Gasteiger partial charge >= 0.3 is 5.97 Å². The van der Waals surface area contributed by atoms with Crippen LogP contribution in [0.4, 0.5) is 15.8 Å². The van der Waals surface area contributed by atoms with Crippen molar-refractivity contribution in [3.63, 3.8) is 0 Å². The summed E-state index contributed by atoms with van der Waals surface area (Å²) >= 11 is 5.69. The summed E-state index contributed by atoms with van der Waals surface area (Å²) in [6.07, 6.45) is 2.66. The van der Waals surface area contributed by atoms with Gasteiger partial charge in [-0.1, -0.05) is 29.8 Å². The second-order valence-electron chi connectivity index (χ2n) is 6.50. The number of ether oxygens (including phenoxy) is 1. The lowest BCUT2D eigenvalue weighted by Gasteiger charge is -2.27. The van der Waals surface area contributed by atoms with Crippen LogP contribution in [0.25, 0.3) is 6.08 Å². The average Bonchev–Trinajstić information content (AvgIpc) is 2.81. The topological polar surface area (TPSA) is 75.7 Å². The Labute approximate surface area is 171 Å². The maximum absolute atomic E-state index is 13.2. The normalized spacial score (nSPS) is 16.2. The predicted molar refractivity (Wildman–Crippen MR) is 108 cm³/mol. The lowest BCUT2D eigenvalue weighted by atomic mass is 10.1. The van der Waals surface area contributed by atoms with Crippen LogP contribution < -0.4 is 10.2 Å². The number of nitrogens with zero attached hydrogens (tertiary/aromatic N) is 1. The van der Waals surface area contributed by atoms with Gasteiger partial charge in [0.1, 0.15) is 5.82 Å². The number of carbonyl (C=O) groups excluding carboxylic acids is 3. The van der Waals surface area contributed by atoms with E-state index < -0.39 is 30.3 Å². The minimum atomic E-state index is -0.733. The standard InChI is InChI=1S/C21H18ClFN2O4/c1-13-10-19(26)24-17-4-2-3-5-18(17)25(13)20(27)12-29-21(28)9-7-14-6-8-16(23)15(22)11-14/h2-9,11,13H,10,12H2,1H3,(H,24,26)/b9-7+/t13-/m1/s1. The summed E-state index contributed by atoms with van der Waals surface area (Å²) in [6, 6.07) is 10.5. The SMILES string of the molecule is C[C@@H]1CC(=O)Nc2ccccc2N1C(=O)COC(=O)/C=C/c1ccc(F)c(Cl)c1. The first kappa shape index (κ1) is 20.5. The highest BCUT2D eigenvalue weighted by atomic mass is 35.5. The molecule has 2 amide bonds. The molecular weight excluding hydrogens is 399 g/mol. The lowest BCUT2D eigenvalue weighted by molar-refractivity contribution is -0.143. The fourth-order valence-electron chi connectivity index (χ4n) is 3.00. The summed E-state index contributed by atoms with van der Waals surface area (Å²) in [5.74, 6) is -1.94. The van der Waals surface area contributed by atoms with Crippen molar-refractivity contribution in [2.45, 2.75) is 19.4 Å². The van der Waals surface area contributed by atoms with Crippen LogP contribution in [0.15, 0.2) is 48.5 Å². The van der Waals surface area contributed by atoms with Crippen molar-refractivity contribution in [1.82, 2.24) is 0 Å². The molecule has 2 aromatic rings. The van der Waals surface area contributed by atoms with Crippen molar-refractivity contribution in [1.29, 1.82) is 0 Å². The maximum Gasteiger partial charge on any atom is 0.331 e. The van der Waals surface area contributed by atoms with Gasteiger partial charge < -0.3 is 15.0 Å². The van der Waals surface area contributed by atoms with Crippen LogP contribution in [0.3, 0.4) is 0 Å². The highest BCUT2D eigenvalue weighted by Crippen LogP contribution is 2.31. The zero-order chi connectivity index (χ0) is 21.0. The van der Waals surface area contributed by atoms with E-state index in [0.717, 1.165) is 6.08 Å². The molecule has 29 heavy (non-hydrogen) atoms. The van der Waals surface area contributed by atoms with Crippen molar-refractivity contribution < 1.29 is 23.5 Å². The Hall–Kier alpha value is -3.19. The highest BCUT2D eigenvalue weighted by Gasteiger charge is 2.29. The van der Waals surface area contributed by atoms with Crippen molar-refractivity contribution in [3.05, 3.63) is 64.9 Å². The molecule has 2 aromatic carbocycles. The Morgan fingerprint density at radius 1 is 1.31 bits per heavy atom. The number of carbonyl (C=O) groups is 3. The Morgan fingerprint density at radius 2 is 2.07 bits per heavy atom. The zero-order valence-electron chi connectivity index (χ0n) is 15.5. The van der Waals surface area contributed by atoms with E-state index in [1.54, 1.807) is 31.2 Å². The maximum atomic E-state index is 13.2. The number of hydrogen-bond acceptors (Lipinski definition) is 4. The van der Waals surface area contributed by atoms with Crippen LogP contribution in [0.2, 0.25) is 5.02 Å². The summed E-state index contributed by atoms with van der Waals surface area (Å²) in [5.41, 5.74) is 1.58. The number of para-hydroxylation sites is 2. The van der Waals surface area contributed by atoms with Crippen molar-refractivity contribution in [2.75, 3.05) is 16.8 Å². The Kier molecular flexibility index (Phi) is 6.29. The zero-order valence-corrected chi connectivity index (χ0v) is 16.3. The predicted octanol–water partition coefficient (Wildman–Crippen LogP) is 3.80. The van der Waals surface area contributed by atoms with Gasteiger partial charge in [-0.3, -0.25) is 9.59 Å². The molecule has 0 unspecified atom stereocenters. The van der Waals surface area contributed by atoms with Gasteiger partial charge in [-0.15, -0.1) is 0 Å². The molecule has 1 aliphatic heterocycles. The molecular formula is C21H18ClFN2O4. The van der Waals surface area contributed by atoms with Crippen LogP contribution in [-0.2, 0) is 19.1 Å². The third-order valence-corrected chi connectivity index (χ3v) is 4.61. The fraction of sp³-hybridized carbons (Fsp3) is 0.190. The van der Waals surface area contributed by atoms with Gasteiger partial charge in [0, 0.05) is 18.5 Å². The van der Waals surface area contributed by atoms with Crippen LogP contribution >= 0.6 is 11.6 Å². The Morgan fingerprint density at radius 3 is 2.83 bits per heavy atom. The molecule has 6 nitrogen and oxygen atoms in total. The molecule has 1 heterocycles. The molecule has 0 aliphatic carbocycles. The number of hydrogen-bond donors (Lipinski definition) is 1. The summed E-state index contributed by atoms with van der Waals surface area (Å²) in [6.45, 7) is 1.26. The van der Waals surface area contributed by atoms with Crippen LogP contribution in [0.5, 0.6) is 0 Å². The monoisotopic (exact) mass is 416 g/mol. The van der Waals surface area contributed by atoms with E-state index in [1.807, 2.05) is 0 Å². The molecule has 150 valence electrons. The number of benzene rings is 2. The fourth-order valence-corrected chi connectivity index (χ4v) is 3.19. The number of halogens is 2. The van der Waals surface area contributed by atoms with Gasteiger partial charge in [0.2, 0.25) is 5.91 Å². The van der Waals surface area contributed by atoms with E-state index in [1.165, 1.54) is 29.2 Å². The van der Waals surface area contributed by atoms with E-state index >= 15 is 0 Å². The van der Waals surface area contributed by atoms with Crippen LogP contribution in [0.1, 0.15) is 18.9 Å². The second kappa shape index (κ2) is 8.87. The largest absolute Gasteiger partial charge is 0.452 e. The minimum absolute atomic E-state index is 0.0623. The van der Waals surface area contributed by atoms with E-state index in [9.17, 15) is 18.8 Å². The van der Waals surface area contributed by atoms with Gasteiger partial charge in [0.15, 0.2) is 6.61 Å². The molecule has 0 saturated heterocycles. The first-order valence-electron chi connectivity index (χ1n) is 8.86. The Bertz CT molecular complexity index is 992. The molecule has 0 saturated carbocycles. The molecule has 0 fully saturated rings. The van der Waals surface area contributed by atoms with Crippen molar-refractivity contribution in [2.24, 2.45) is 0 Å². The number of rotatable bonds is 4. The molecule has 1 atom stereocenters. The first-order chi connectivity index (χ1) is 13.8. The van der Waals surface area contributed by atoms with Gasteiger partial charge in [0.25, 0.3) is 5.91 Å². The smallest absolute Gasteiger partial charge is 0.331 e. The summed E-state index contributed by atoms with van der Waals surface area (Å²) < 4.78 is 18.2. The third-order valence-electron chi connectivity index (χ3n) is 4.32. The van der Waals surface area contributed by atoms with Gasteiger partial charge in [-0.25, -0.2) is 9.18 Å². The van der Waals surface area contributed by atoms with Gasteiger partial charge in [-0.05, 0) is 42.8 Å². The number of fused-ring (bicyclic) bond motifs is 1. The molecule has 8 heteroatoms. The van der Waals surface area contributed by atoms with Crippen molar-refractivity contribution in [3.8, 4) is 0 Å². The van der Waals surface area contributed by atoms with E-state index in [0.29, 0.717) is 16.9 Å². The molecule has 0 radical (unpaired) electrons. The number of esters is 1. The molecule has 1 aliphatic rings. The summed E-state index contributed by atoms with van der Waals surface area (Å²) in [7, 11) is 0. The second-order valence-corrected chi connectivity index (χ2v) is 6.90. The third kappa shape index (κ3) is 5.00. The molecule has 3 rings (SSSR count). The van der Waals surface area contributed by atoms with Crippen LogP contribution in [0, 0.1) is 5.82 Å². The highest BCUT2D eigenvalue weighted by molar-refractivity contribution is 6.30. The first-order valence-corrected chi connectivity index (χ1v) is 9.24. The van der Waals surface area contributed by atoms with Gasteiger partial charge in [-0.2, -0.15) is 0 Å².